The molecule has 12 nitrogen and oxygen atoms in total. The molecule has 1 saturated carbocycles. The van der Waals surface area contributed by atoms with Gasteiger partial charge in [0.25, 0.3) is 11.5 Å². The molecule has 1 aliphatic carbocycles. The van der Waals surface area contributed by atoms with E-state index >= 15 is 0 Å². The lowest BCUT2D eigenvalue weighted by Gasteiger charge is -2.23. The fraction of sp³-hybridized carbons (Fsp3) is 0.545. The molecular weight excluding hydrogens is 448 g/mol. The van der Waals surface area contributed by atoms with Crippen molar-refractivity contribution in [2.24, 2.45) is 5.92 Å². The van der Waals surface area contributed by atoms with Gasteiger partial charge in [-0.25, -0.2) is 10.5 Å². The third kappa shape index (κ3) is 5.26. The van der Waals surface area contributed by atoms with Crippen LogP contribution in [0.4, 0.5) is 0 Å². The van der Waals surface area contributed by atoms with Crippen molar-refractivity contribution in [1.82, 2.24) is 20.3 Å². The summed E-state index contributed by atoms with van der Waals surface area (Å²) >= 11 is 0. The van der Waals surface area contributed by atoms with Gasteiger partial charge in [-0.05, 0) is 56.4 Å². The fourth-order valence-corrected chi connectivity index (χ4v) is 4.18. The van der Waals surface area contributed by atoms with Crippen LogP contribution in [0.2, 0.25) is 0 Å². The van der Waals surface area contributed by atoms with E-state index in [2.05, 4.69) is 10.3 Å². The Labute approximate surface area is 194 Å². The van der Waals surface area contributed by atoms with Gasteiger partial charge in [-0.3, -0.25) is 19.6 Å². The lowest BCUT2D eigenvalue weighted by molar-refractivity contribution is -0.133. The summed E-state index contributed by atoms with van der Waals surface area (Å²) in [5, 5.41) is 50.6. The van der Waals surface area contributed by atoms with Gasteiger partial charge in [0.1, 0.15) is 18.3 Å². The summed E-state index contributed by atoms with van der Waals surface area (Å²) in [5.74, 6) is -1.75. The van der Waals surface area contributed by atoms with Crippen LogP contribution in [-0.4, -0.2) is 78.0 Å². The molecule has 2 amide bonds. The molecule has 0 saturated heterocycles. The van der Waals surface area contributed by atoms with Crippen LogP contribution in [0.1, 0.15) is 40.9 Å². The van der Waals surface area contributed by atoms with E-state index in [4.69, 9.17) is 10.3 Å². The lowest BCUT2D eigenvalue weighted by atomic mass is 10.1. The predicted octanol–water partition coefficient (Wildman–Crippen LogP) is -1.51. The molecule has 12 heteroatoms. The van der Waals surface area contributed by atoms with Crippen LogP contribution in [0.25, 0.3) is 11.0 Å². The van der Waals surface area contributed by atoms with E-state index in [-0.39, 0.29) is 0 Å². The Kier molecular flexibility index (Phi) is 8.00. The minimum Gasteiger partial charge on any atom is -0.394 e. The number of nitrogens with zero attached hydrogens (tertiary/aromatic N) is 2. The molecule has 34 heavy (non-hydrogen) atoms. The van der Waals surface area contributed by atoms with Crippen LogP contribution in [0.15, 0.2) is 16.9 Å². The van der Waals surface area contributed by atoms with Crippen LogP contribution in [-0.2, 0) is 11.3 Å². The van der Waals surface area contributed by atoms with Gasteiger partial charge >= 0.3 is 0 Å². The second-order valence-corrected chi connectivity index (χ2v) is 8.77. The Balaban J connectivity index is 1.97. The highest BCUT2D eigenvalue weighted by Crippen LogP contribution is 2.26. The van der Waals surface area contributed by atoms with Gasteiger partial charge in [0, 0.05) is 12.0 Å². The number of amides is 2. The SMILES string of the molecule is Cc1cc2nc(C(=O)NC3CCC(C(=O)NO)C3)c(=O)n(C[C@H](O)[C@H](O)[C@H](O)CO)c2cc1C. The van der Waals surface area contributed by atoms with Crippen LogP contribution in [0.3, 0.4) is 0 Å². The van der Waals surface area contributed by atoms with Crippen LogP contribution < -0.4 is 16.4 Å². The highest BCUT2D eigenvalue weighted by Gasteiger charge is 2.32. The van der Waals surface area contributed by atoms with Crippen molar-refractivity contribution in [3.8, 4) is 0 Å². The Morgan fingerprint density at radius 2 is 1.82 bits per heavy atom. The Morgan fingerprint density at radius 1 is 1.15 bits per heavy atom. The van der Waals surface area contributed by atoms with Crippen molar-refractivity contribution in [3.05, 3.63) is 39.3 Å². The smallest absolute Gasteiger partial charge is 0.282 e. The van der Waals surface area contributed by atoms with Crippen LogP contribution in [0, 0.1) is 19.8 Å². The van der Waals surface area contributed by atoms with Gasteiger partial charge in [0.15, 0.2) is 5.69 Å². The number of aromatic nitrogens is 2. The molecular formula is C22H30N4O8. The summed E-state index contributed by atoms with van der Waals surface area (Å²) in [7, 11) is 0. The number of hydroxylamine groups is 1. The van der Waals surface area contributed by atoms with E-state index in [1.165, 1.54) is 0 Å². The summed E-state index contributed by atoms with van der Waals surface area (Å²) in [6.45, 7) is 2.42. The summed E-state index contributed by atoms with van der Waals surface area (Å²) < 4.78 is 1.11. The van der Waals surface area contributed by atoms with E-state index in [9.17, 15) is 29.7 Å². The maximum atomic E-state index is 13.2. The summed E-state index contributed by atoms with van der Waals surface area (Å²) in [5.41, 5.74) is 2.73. The Bertz CT molecular complexity index is 1130. The number of benzene rings is 1. The largest absolute Gasteiger partial charge is 0.394 e. The van der Waals surface area contributed by atoms with E-state index in [1.807, 2.05) is 13.8 Å². The molecule has 0 bridgehead atoms. The van der Waals surface area contributed by atoms with Crippen LogP contribution >= 0.6 is 0 Å². The average molecular weight is 479 g/mol. The normalized spacial score (nSPS) is 20.7. The molecule has 3 rings (SSSR count). The fourth-order valence-electron chi connectivity index (χ4n) is 4.18. The molecule has 1 heterocycles. The molecule has 2 aromatic rings. The van der Waals surface area contributed by atoms with Crippen molar-refractivity contribution in [2.75, 3.05) is 6.61 Å². The predicted molar refractivity (Wildman–Crippen MR) is 119 cm³/mol. The van der Waals surface area contributed by atoms with E-state index in [0.717, 1.165) is 15.7 Å². The highest BCUT2D eigenvalue weighted by atomic mass is 16.5. The number of fused-ring (bicyclic) bond motifs is 1. The van der Waals surface area contributed by atoms with Gasteiger partial charge in [-0.2, -0.15) is 0 Å². The monoisotopic (exact) mass is 478 g/mol. The quantitative estimate of drug-likeness (QED) is 0.174. The minimum absolute atomic E-state index is 0.294. The van der Waals surface area contributed by atoms with Crippen molar-refractivity contribution >= 4 is 22.8 Å². The molecule has 1 aromatic heterocycles. The molecule has 0 aliphatic heterocycles. The zero-order valence-corrected chi connectivity index (χ0v) is 18.9. The molecule has 0 radical (unpaired) electrons. The number of rotatable bonds is 8. The number of carbonyl (C=O) groups excluding carboxylic acids is 2. The third-order valence-corrected chi connectivity index (χ3v) is 6.37. The highest BCUT2D eigenvalue weighted by molar-refractivity contribution is 5.94. The number of nitrogens with one attached hydrogen (secondary N) is 2. The molecule has 1 fully saturated rings. The van der Waals surface area contributed by atoms with E-state index < -0.39 is 66.5 Å². The first kappa shape index (κ1) is 25.7. The number of hydrogen-bond donors (Lipinski definition) is 7. The lowest BCUT2D eigenvalue weighted by Crippen LogP contribution is -2.44. The number of carbonyl (C=O) groups is 2. The molecule has 1 aliphatic rings. The van der Waals surface area contributed by atoms with Crippen molar-refractivity contribution < 1.29 is 35.2 Å². The van der Waals surface area contributed by atoms with Gasteiger partial charge in [0.2, 0.25) is 5.91 Å². The van der Waals surface area contributed by atoms with Crippen molar-refractivity contribution in [1.29, 1.82) is 0 Å². The summed E-state index contributed by atoms with van der Waals surface area (Å²) in [6, 6.07) is 2.98. The maximum absolute atomic E-state index is 13.2. The maximum Gasteiger partial charge on any atom is 0.282 e. The average Bonchev–Trinajstić information content (AvgIpc) is 3.28. The first-order chi connectivity index (χ1) is 16.1. The molecule has 186 valence electrons. The second kappa shape index (κ2) is 10.6. The van der Waals surface area contributed by atoms with E-state index in [1.54, 1.807) is 17.6 Å². The Morgan fingerprint density at radius 3 is 2.47 bits per heavy atom. The zero-order valence-electron chi connectivity index (χ0n) is 18.9. The van der Waals surface area contributed by atoms with Gasteiger partial charge < -0.3 is 30.3 Å². The number of aliphatic hydroxyl groups is 4. The Hall–Kier alpha value is -2.90. The first-order valence-corrected chi connectivity index (χ1v) is 11.0. The van der Waals surface area contributed by atoms with Gasteiger partial charge in [-0.1, -0.05) is 0 Å². The van der Waals surface area contributed by atoms with Gasteiger partial charge in [-0.15, -0.1) is 0 Å². The number of aliphatic hydroxyl groups excluding tert-OH is 4. The first-order valence-electron chi connectivity index (χ1n) is 11.0. The molecule has 5 atom stereocenters. The standard InChI is InChI=1S/C22H30N4O8/c1-10-5-14-15(6-11(10)2)26(8-16(28)19(30)17(29)9-27)22(33)18(24-14)21(32)23-13-4-3-12(7-13)20(31)25-34/h5-6,12-13,16-17,19,27-30,34H,3-4,7-9H2,1-2H3,(H,23,32)(H,25,31)/t12?,13?,16-,17+,19-/m0/s1. The minimum atomic E-state index is -1.72. The molecule has 7 N–H and O–H groups in total. The second-order valence-electron chi connectivity index (χ2n) is 8.77. The zero-order chi connectivity index (χ0) is 25.2. The third-order valence-electron chi connectivity index (χ3n) is 6.37. The van der Waals surface area contributed by atoms with Gasteiger partial charge in [0.05, 0.1) is 24.2 Å². The van der Waals surface area contributed by atoms with Crippen molar-refractivity contribution in [2.45, 2.75) is 64.0 Å². The topological polar surface area (TPSA) is 194 Å². The number of hydrogen-bond acceptors (Lipinski definition) is 9. The molecule has 2 unspecified atom stereocenters. The number of aryl methyl sites for hydroxylation is 2. The molecule has 0 spiro atoms. The summed E-state index contributed by atoms with van der Waals surface area (Å²) in [4.78, 5) is 42.1. The van der Waals surface area contributed by atoms with Crippen molar-refractivity contribution in [3.63, 3.8) is 0 Å². The molecule has 1 aromatic carbocycles. The van der Waals surface area contributed by atoms with E-state index in [0.29, 0.717) is 30.3 Å². The van der Waals surface area contributed by atoms with Crippen LogP contribution in [0.5, 0.6) is 0 Å². The summed E-state index contributed by atoms with van der Waals surface area (Å²) in [6.07, 6.45) is -3.72.